The molecule has 1 unspecified atom stereocenters. The van der Waals surface area contributed by atoms with Crippen LogP contribution in [-0.2, 0) is 16.1 Å². The first-order chi connectivity index (χ1) is 14.6. The second-order valence-corrected chi connectivity index (χ2v) is 7.00. The Morgan fingerprint density at radius 1 is 1.17 bits per heavy atom. The second kappa shape index (κ2) is 8.41. The van der Waals surface area contributed by atoms with Gasteiger partial charge < -0.3 is 19.5 Å². The standard InChI is InChI=1S/C23H22N2O5/c1-28-20-11-14(18-12-21(26)25-22-17(18)9-10-24-22)7-8-19(20)30-13-15-5-3-4-6-16(15)23(27)29-2/h3-9,11,18H,10,12-13H2,1-2H3,(H,24,25,26). The number of benzene rings is 2. The van der Waals surface area contributed by atoms with Crippen molar-refractivity contribution in [2.45, 2.75) is 18.9 Å². The van der Waals surface area contributed by atoms with Gasteiger partial charge in [-0.25, -0.2) is 4.79 Å². The normalized spacial score (nSPS) is 17.4. The number of amides is 1. The zero-order valence-corrected chi connectivity index (χ0v) is 16.8. The Bertz CT molecular complexity index is 1060. The maximum atomic E-state index is 12.1. The van der Waals surface area contributed by atoms with Crippen LogP contribution in [0.3, 0.4) is 0 Å². The molecule has 2 aromatic rings. The number of nitrogens with zero attached hydrogens (tertiary/aromatic N) is 1. The lowest BCUT2D eigenvalue weighted by Crippen LogP contribution is -2.38. The van der Waals surface area contributed by atoms with E-state index in [0.717, 1.165) is 16.7 Å². The molecule has 0 aliphatic carbocycles. The highest BCUT2D eigenvalue weighted by atomic mass is 16.5. The van der Waals surface area contributed by atoms with E-state index in [-0.39, 0.29) is 18.4 Å². The minimum Gasteiger partial charge on any atom is -0.493 e. The van der Waals surface area contributed by atoms with Crippen molar-refractivity contribution in [3.05, 3.63) is 70.8 Å². The van der Waals surface area contributed by atoms with Crippen LogP contribution < -0.4 is 14.8 Å². The number of hydrogen-bond acceptors (Lipinski definition) is 6. The molecule has 0 radical (unpaired) electrons. The van der Waals surface area contributed by atoms with Crippen LogP contribution in [0.4, 0.5) is 0 Å². The highest BCUT2D eigenvalue weighted by molar-refractivity contribution is 6.12. The summed E-state index contributed by atoms with van der Waals surface area (Å²) in [6.07, 6.45) is 2.40. The van der Waals surface area contributed by atoms with E-state index in [2.05, 4.69) is 10.3 Å². The molecule has 2 heterocycles. The fourth-order valence-corrected chi connectivity index (χ4v) is 3.75. The lowest BCUT2D eigenvalue weighted by Gasteiger charge is -2.26. The third-order valence-corrected chi connectivity index (χ3v) is 5.25. The number of carbonyl (C=O) groups excluding carboxylic acids is 2. The number of amidine groups is 1. The molecule has 1 saturated heterocycles. The number of methoxy groups -OCH3 is 2. The Morgan fingerprint density at radius 2 is 2.00 bits per heavy atom. The number of nitrogens with one attached hydrogen (secondary N) is 1. The summed E-state index contributed by atoms with van der Waals surface area (Å²) in [5, 5.41) is 2.82. The number of esters is 1. The molecule has 1 N–H and O–H groups in total. The van der Waals surface area contributed by atoms with Crippen LogP contribution in [0.5, 0.6) is 11.5 Å². The van der Waals surface area contributed by atoms with Crippen molar-refractivity contribution in [1.29, 1.82) is 0 Å². The number of ether oxygens (including phenoxy) is 3. The average Bonchev–Trinajstić information content (AvgIpc) is 3.25. The highest BCUT2D eigenvalue weighted by Gasteiger charge is 2.32. The molecule has 0 bridgehead atoms. The van der Waals surface area contributed by atoms with Gasteiger partial charge in [-0.1, -0.05) is 30.3 Å². The molecular formula is C23H22N2O5. The van der Waals surface area contributed by atoms with Gasteiger partial charge in [0.05, 0.1) is 26.3 Å². The summed E-state index contributed by atoms with van der Waals surface area (Å²) in [7, 11) is 2.92. The van der Waals surface area contributed by atoms with E-state index < -0.39 is 5.97 Å². The van der Waals surface area contributed by atoms with Crippen LogP contribution in [0.25, 0.3) is 0 Å². The van der Waals surface area contributed by atoms with Gasteiger partial charge in [0.15, 0.2) is 11.5 Å². The highest BCUT2D eigenvalue weighted by Crippen LogP contribution is 2.38. The number of rotatable bonds is 6. The minimum absolute atomic E-state index is 0.0449. The van der Waals surface area contributed by atoms with Gasteiger partial charge in [0.1, 0.15) is 12.4 Å². The molecule has 0 spiro atoms. The summed E-state index contributed by atoms with van der Waals surface area (Å²) in [6.45, 7) is 0.772. The molecule has 1 atom stereocenters. The van der Waals surface area contributed by atoms with Gasteiger partial charge >= 0.3 is 5.97 Å². The van der Waals surface area contributed by atoms with E-state index in [1.54, 1.807) is 19.2 Å². The van der Waals surface area contributed by atoms with Crippen LogP contribution in [0.15, 0.2) is 59.1 Å². The lowest BCUT2D eigenvalue weighted by atomic mass is 9.85. The summed E-state index contributed by atoms with van der Waals surface area (Å²) in [5.41, 5.74) is 3.18. The van der Waals surface area contributed by atoms with Crippen LogP contribution in [0, 0.1) is 0 Å². The summed E-state index contributed by atoms with van der Waals surface area (Å²) in [5.74, 6) is 1.26. The Labute approximate surface area is 174 Å². The zero-order chi connectivity index (χ0) is 21.1. The molecule has 2 aliphatic rings. The van der Waals surface area contributed by atoms with E-state index in [1.165, 1.54) is 7.11 Å². The van der Waals surface area contributed by atoms with Crippen molar-refractivity contribution in [1.82, 2.24) is 5.32 Å². The van der Waals surface area contributed by atoms with E-state index in [1.807, 2.05) is 36.4 Å². The van der Waals surface area contributed by atoms with Crippen molar-refractivity contribution < 1.29 is 23.8 Å². The number of aliphatic imine (C=N–C) groups is 1. The Kier molecular flexibility index (Phi) is 5.52. The SMILES string of the molecule is COC(=O)c1ccccc1COc1ccc(C2CC(=O)NC3=NCC=C32)cc1OC. The smallest absolute Gasteiger partial charge is 0.338 e. The summed E-state index contributed by atoms with van der Waals surface area (Å²) in [6, 6.07) is 12.8. The molecule has 2 aromatic carbocycles. The van der Waals surface area contributed by atoms with E-state index in [4.69, 9.17) is 14.2 Å². The molecule has 30 heavy (non-hydrogen) atoms. The molecule has 0 aromatic heterocycles. The molecule has 2 aliphatic heterocycles. The van der Waals surface area contributed by atoms with Gasteiger partial charge in [-0.05, 0) is 23.8 Å². The van der Waals surface area contributed by atoms with Crippen molar-refractivity contribution in [2.24, 2.45) is 4.99 Å². The quantitative estimate of drug-likeness (QED) is 0.746. The number of hydrogen-bond donors (Lipinski definition) is 1. The van der Waals surface area contributed by atoms with Gasteiger partial charge in [0, 0.05) is 23.5 Å². The maximum Gasteiger partial charge on any atom is 0.338 e. The van der Waals surface area contributed by atoms with Gasteiger partial charge in [-0.15, -0.1) is 0 Å². The van der Waals surface area contributed by atoms with Crippen LogP contribution in [0.1, 0.15) is 33.8 Å². The largest absolute Gasteiger partial charge is 0.493 e. The van der Waals surface area contributed by atoms with Gasteiger partial charge in [0.25, 0.3) is 0 Å². The van der Waals surface area contributed by atoms with Crippen molar-refractivity contribution in [3.63, 3.8) is 0 Å². The topological polar surface area (TPSA) is 86.2 Å². The summed E-state index contributed by atoms with van der Waals surface area (Å²) < 4.78 is 16.3. The molecule has 7 heteroatoms. The van der Waals surface area contributed by atoms with Crippen LogP contribution in [0.2, 0.25) is 0 Å². The summed E-state index contributed by atoms with van der Waals surface area (Å²) >= 11 is 0. The van der Waals surface area contributed by atoms with Gasteiger partial charge in [-0.2, -0.15) is 0 Å². The Hall–Kier alpha value is -3.61. The Balaban J connectivity index is 1.56. The van der Waals surface area contributed by atoms with Crippen LogP contribution in [-0.4, -0.2) is 38.5 Å². The molecule has 1 fully saturated rings. The molecule has 0 saturated carbocycles. The molecule has 1 amide bonds. The van der Waals surface area contributed by atoms with Crippen molar-refractivity contribution in [2.75, 3.05) is 20.8 Å². The van der Waals surface area contributed by atoms with E-state index in [9.17, 15) is 9.59 Å². The first-order valence-electron chi connectivity index (χ1n) is 9.62. The molecule has 7 nitrogen and oxygen atoms in total. The van der Waals surface area contributed by atoms with Gasteiger partial charge in [-0.3, -0.25) is 9.79 Å². The number of piperidine rings is 1. The van der Waals surface area contributed by atoms with E-state index in [0.29, 0.717) is 35.9 Å². The predicted molar refractivity (Wildman–Crippen MR) is 111 cm³/mol. The zero-order valence-electron chi connectivity index (χ0n) is 16.8. The predicted octanol–water partition coefficient (Wildman–Crippen LogP) is 3.00. The first kappa shape index (κ1) is 19.7. The van der Waals surface area contributed by atoms with E-state index >= 15 is 0 Å². The number of fused-ring (bicyclic) bond motifs is 1. The third-order valence-electron chi connectivity index (χ3n) is 5.25. The van der Waals surface area contributed by atoms with Crippen molar-refractivity contribution >= 4 is 17.7 Å². The molecule has 4 rings (SSSR count). The second-order valence-electron chi connectivity index (χ2n) is 7.00. The molecular weight excluding hydrogens is 384 g/mol. The maximum absolute atomic E-state index is 12.1. The Morgan fingerprint density at radius 3 is 2.80 bits per heavy atom. The minimum atomic E-state index is -0.408. The monoisotopic (exact) mass is 406 g/mol. The average molecular weight is 406 g/mol. The summed E-state index contributed by atoms with van der Waals surface area (Å²) in [4.78, 5) is 28.4. The fourth-order valence-electron chi connectivity index (χ4n) is 3.75. The fraction of sp³-hybridized carbons (Fsp3) is 0.261. The molecule has 154 valence electrons. The van der Waals surface area contributed by atoms with Gasteiger partial charge in [0.2, 0.25) is 5.91 Å². The van der Waals surface area contributed by atoms with Crippen molar-refractivity contribution in [3.8, 4) is 11.5 Å². The third kappa shape index (κ3) is 3.78. The number of carbonyl (C=O) groups is 2. The first-order valence-corrected chi connectivity index (χ1v) is 9.62. The van der Waals surface area contributed by atoms with Crippen LogP contribution >= 0.6 is 0 Å². The lowest BCUT2D eigenvalue weighted by molar-refractivity contribution is -0.120.